The average molecular weight is 445 g/mol. The van der Waals surface area contributed by atoms with E-state index in [1.807, 2.05) is 11.0 Å². The van der Waals surface area contributed by atoms with E-state index in [0.717, 1.165) is 6.07 Å². The Balaban J connectivity index is 1.57. The van der Waals surface area contributed by atoms with Gasteiger partial charge in [0.25, 0.3) is 5.91 Å². The third-order valence-corrected chi connectivity index (χ3v) is 6.54. The second-order valence-corrected chi connectivity index (χ2v) is 8.93. The summed E-state index contributed by atoms with van der Waals surface area (Å²) in [6, 6.07) is 14.5. The van der Waals surface area contributed by atoms with Crippen molar-refractivity contribution >= 4 is 11.8 Å². The molecule has 0 saturated carbocycles. The summed E-state index contributed by atoms with van der Waals surface area (Å²) in [5, 5.41) is 0. The largest absolute Gasteiger partial charge is 0.416 e. The highest BCUT2D eigenvalue weighted by atomic mass is 19.4. The Kier molecular flexibility index (Phi) is 5.75. The normalized spacial score (nSPS) is 23.3. The molecule has 0 N–H and O–H groups in total. The molecule has 2 aromatic carbocycles. The minimum atomic E-state index is -4.43. The standard InChI is InChI=1S/C24H26F3N3O2/c1-28(2)22(32)23-15-29(12-18-10-6-7-11-20(18)24(25,26)27)13-19(23)14-30(16-23)21(31)17-8-4-3-5-9-17/h3-11,19H,12-16H2,1-2H3/t19-,23-/m1/s1. The molecule has 2 aliphatic heterocycles. The van der Waals surface area contributed by atoms with E-state index in [4.69, 9.17) is 0 Å². The molecule has 5 nitrogen and oxygen atoms in total. The van der Waals surface area contributed by atoms with E-state index in [0.29, 0.717) is 25.2 Å². The topological polar surface area (TPSA) is 43.9 Å². The predicted octanol–water partition coefficient (Wildman–Crippen LogP) is 3.37. The quantitative estimate of drug-likeness (QED) is 0.725. The van der Waals surface area contributed by atoms with Gasteiger partial charge < -0.3 is 9.80 Å². The zero-order valence-electron chi connectivity index (χ0n) is 18.1. The second-order valence-electron chi connectivity index (χ2n) is 8.93. The number of fused-ring (bicyclic) bond motifs is 1. The lowest BCUT2D eigenvalue weighted by Gasteiger charge is -2.31. The van der Waals surface area contributed by atoms with Crippen molar-refractivity contribution in [2.75, 3.05) is 40.3 Å². The van der Waals surface area contributed by atoms with Crippen LogP contribution >= 0.6 is 0 Å². The number of rotatable bonds is 4. The molecule has 0 radical (unpaired) electrons. The first-order valence-corrected chi connectivity index (χ1v) is 10.6. The molecule has 2 aliphatic rings. The molecule has 2 fully saturated rings. The first kappa shape index (κ1) is 22.3. The molecule has 0 unspecified atom stereocenters. The molecule has 2 atom stereocenters. The maximum Gasteiger partial charge on any atom is 0.416 e. The number of hydrogen-bond acceptors (Lipinski definition) is 3. The smallest absolute Gasteiger partial charge is 0.348 e. The average Bonchev–Trinajstić information content (AvgIpc) is 3.27. The lowest BCUT2D eigenvalue weighted by atomic mass is 9.80. The van der Waals surface area contributed by atoms with Crippen molar-refractivity contribution in [2.45, 2.75) is 12.7 Å². The Hall–Kier alpha value is -2.87. The maximum atomic E-state index is 13.4. The van der Waals surface area contributed by atoms with Crippen LogP contribution in [-0.4, -0.2) is 66.8 Å². The third kappa shape index (κ3) is 3.99. The Morgan fingerprint density at radius 3 is 2.31 bits per heavy atom. The summed E-state index contributed by atoms with van der Waals surface area (Å²) in [5.74, 6) is -0.347. The molecule has 170 valence electrons. The molecule has 0 bridgehead atoms. The van der Waals surface area contributed by atoms with Gasteiger partial charge in [0.1, 0.15) is 0 Å². The highest BCUT2D eigenvalue weighted by Crippen LogP contribution is 2.45. The van der Waals surface area contributed by atoms with Crippen LogP contribution < -0.4 is 0 Å². The van der Waals surface area contributed by atoms with Crippen LogP contribution in [0.5, 0.6) is 0 Å². The van der Waals surface area contributed by atoms with Crippen LogP contribution in [0, 0.1) is 11.3 Å². The monoisotopic (exact) mass is 445 g/mol. The number of amides is 2. The van der Waals surface area contributed by atoms with Gasteiger partial charge in [-0.15, -0.1) is 0 Å². The first-order valence-electron chi connectivity index (χ1n) is 10.6. The molecular weight excluding hydrogens is 419 g/mol. The van der Waals surface area contributed by atoms with Crippen LogP contribution in [-0.2, 0) is 17.5 Å². The van der Waals surface area contributed by atoms with E-state index < -0.39 is 17.2 Å². The van der Waals surface area contributed by atoms with E-state index >= 15 is 0 Å². The van der Waals surface area contributed by atoms with Crippen molar-refractivity contribution in [1.29, 1.82) is 0 Å². The SMILES string of the molecule is CN(C)C(=O)[C@@]12CN(Cc3ccccc3C(F)(F)F)C[C@@H]1CN(C(=O)c1ccccc1)C2. The Bertz CT molecular complexity index is 1010. The van der Waals surface area contributed by atoms with Crippen LogP contribution in [0.25, 0.3) is 0 Å². The summed E-state index contributed by atoms with van der Waals surface area (Å²) >= 11 is 0. The van der Waals surface area contributed by atoms with Gasteiger partial charge >= 0.3 is 6.18 Å². The summed E-state index contributed by atoms with van der Waals surface area (Å²) in [7, 11) is 3.36. The van der Waals surface area contributed by atoms with Gasteiger partial charge in [-0.05, 0) is 23.8 Å². The van der Waals surface area contributed by atoms with Crippen LogP contribution in [0.4, 0.5) is 13.2 Å². The van der Waals surface area contributed by atoms with Crippen molar-refractivity contribution < 1.29 is 22.8 Å². The van der Waals surface area contributed by atoms with Gasteiger partial charge in [-0.2, -0.15) is 13.2 Å². The van der Waals surface area contributed by atoms with Gasteiger partial charge in [0.05, 0.1) is 11.0 Å². The van der Waals surface area contributed by atoms with Crippen molar-refractivity contribution in [2.24, 2.45) is 11.3 Å². The van der Waals surface area contributed by atoms with Crippen molar-refractivity contribution in [1.82, 2.24) is 14.7 Å². The van der Waals surface area contributed by atoms with Gasteiger partial charge in [-0.3, -0.25) is 14.5 Å². The van der Waals surface area contributed by atoms with Crippen LogP contribution in [0.15, 0.2) is 54.6 Å². The van der Waals surface area contributed by atoms with E-state index in [9.17, 15) is 22.8 Å². The predicted molar refractivity (Wildman–Crippen MR) is 114 cm³/mol. The molecule has 0 spiro atoms. The fourth-order valence-electron chi connectivity index (χ4n) is 5.13. The minimum absolute atomic E-state index is 0.0857. The molecular formula is C24H26F3N3O2. The molecule has 4 rings (SSSR count). The molecule has 2 saturated heterocycles. The number of nitrogens with zero attached hydrogens (tertiary/aromatic N) is 3. The number of benzene rings is 2. The fraction of sp³-hybridized carbons (Fsp3) is 0.417. The van der Waals surface area contributed by atoms with E-state index in [2.05, 4.69) is 0 Å². The summed E-state index contributed by atoms with van der Waals surface area (Å²) < 4.78 is 40.3. The lowest BCUT2D eigenvalue weighted by Crippen LogP contribution is -2.47. The summed E-state index contributed by atoms with van der Waals surface area (Å²) in [4.78, 5) is 31.4. The lowest BCUT2D eigenvalue weighted by molar-refractivity contribution is -0.140. The van der Waals surface area contributed by atoms with Crippen LogP contribution in [0.2, 0.25) is 0 Å². The number of carbonyl (C=O) groups is 2. The molecule has 2 aromatic rings. The molecule has 2 amide bonds. The second kappa shape index (κ2) is 8.24. The zero-order chi connectivity index (χ0) is 23.1. The Morgan fingerprint density at radius 2 is 1.66 bits per heavy atom. The molecule has 0 aliphatic carbocycles. The number of halogens is 3. The molecule has 2 heterocycles. The van der Waals surface area contributed by atoms with E-state index in [1.165, 1.54) is 17.0 Å². The third-order valence-electron chi connectivity index (χ3n) is 6.54. The number of likely N-dealkylation sites (tertiary alicyclic amines) is 2. The summed E-state index contributed by atoms with van der Waals surface area (Å²) in [6.07, 6.45) is -4.43. The number of hydrogen-bond donors (Lipinski definition) is 0. The van der Waals surface area contributed by atoms with Crippen molar-refractivity contribution in [3.8, 4) is 0 Å². The molecule has 8 heteroatoms. The summed E-state index contributed by atoms with van der Waals surface area (Å²) in [6.45, 7) is 1.57. The minimum Gasteiger partial charge on any atom is -0.348 e. The van der Waals surface area contributed by atoms with Crippen LogP contribution in [0.1, 0.15) is 21.5 Å². The van der Waals surface area contributed by atoms with Crippen molar-refractivity contribution in [3.05, 3.63) is 71.3 Å². The van der Waals surface area contributed by atoms with Gasteiger partial charge in [0, 0.05) is 58.3 Å². The molecule has 32 heavy (non-hydrogen) atoms. The number of alkyl halides is 3. The van der Waals surface area contributed by atoms with Crippen LogP contribution in [0.3, 0.4) is 0 Å². The van der Waals surface area contributed by atoms with E-state index in [1.54, 1.807) is 49.3 Å². The number of carbonyl (C=O) groups excluding carboxylic acids is 2. The zero-order valence-corrected chi connectivity index (χ0v) is 18.1. The maximum absolute atomic E-state index is 13.4. The van der Waals surface area contributed by atoms with Gasteiger partial charge in [-0.1, -0.05) is 36.4 Å². The Labute approximate surface area is 185 Å². The van der Waals surface area contributed by atoms with E-state index in [-0.39, 0.29) is 36.4 Å². The molecule has 0 aromatic heterocycles. The van der Waals surface area contributed by atoms with Gasteiger partial charge in [-0.25, -0.2) is 0 Å². The van der Waals surface area contributed by atoms with Gasteiger partial charge in [0.2, 0.25) is 5.91 Å². The highest BCUT2D eigenvalue weighted by molar-refractivity contribution is 5.95. The van der Waals surface area contributed by atoms with Crippen molar-refractivity contribution in [3.63, 3.8) is 0 Å². The fourth-order valence-corrected chi connectivity index (χ4v) is 5.13. The highest BCUT2D eigenvalue weighted by Gasteiger charge is 2.58. The summed E-state index contributed by atoms with van der Waals surface area (Å²) in [5.41, 5.74) is -0.701. The Morgan fingerprint density at radius 1 is 1.00 bits per heavy atom. The van der Waals surface area contributed by atoms with Gasteiger partial charge in [0.15, 0.2) is 0 Å². The first-order chi connectivity index (χ1) is 15.1.